The number of aryl methyl sites for hydroxylation is 3. The minimum Gasteiger partial charge on any atom is -0.462 e. The van der Waals surface area contributed by atoms with Gasteiger partial charge in [0.15, 0.2) is 0 Å². The summed E-state index contributed by atoms with van der Waals surface area (Å²) >= 11 is 1.60. The number of anilines is 1. The van der Waals surface area contributed by atoms with Crippen molar-refractivity contribution in [2.45, 2.75) is 45.4 Å². The summed E-state index contributed by atoms with van der Waals surface area (Å²) in [6, 6.07) is 6.54. The molecular formula is C22H23N3O4S. The second-order valence-corrected chi connectivity index (χ2v) is 8.33. The van der Waals surface area contributed by atoms with E-state index in [4.69, 9.17) is 4.74 Å². The number of esters is 1. The minimum absolute atomic E-state index is 0.107. The van der Waals surface area contributed by atoms with Gasteiger partial charge in [-0.1, -0.05) is 0 Å². The molecule has 0 spiro atoms. The Morgan fingerprint density at radius 2 is 1.97 bits per heavy atom. The van der Waals surface area contributed by atoms with Gasteiger partial charge >= 0.3 is 5.97 Å². The highest BCUT2D eigenvalue weighted by atomic mass is 32.1. The van der Waals surface area contributed by atoms with Gasteiger partial charge in [-0.2, -0.15) is 0 Å². The maximum Gasteiger partial charge on any atom is 0.338 e. The zero-order valence-corrected chi connectivity index (χ0v) is 17.6. The van der Waals surface area contributed by atoms with E-state index in [2.05, 4.69) is 15.3 Å². The van der Waals surface area contributed by atoms with Crippen molar-refractivity contribution in [2.24, 2.45) is 0 Å². The number of aromatic nitrogens is 2. The van der Waals surface area contributed by atoms with Crippen LogP contribution in [0, 0.1) is 0 Å². The van der Waals surface area contributed by atoms with Crippen molar-refractivity contribution in [1.29, 1.82) is 0 Å². The van der Waals surface area contributed by atoms with Crippen LogP contribution in [0.4, 0.5) is 5.69 Å². The first-order valence-electron chi connectivity index (χ1n) is 10.2. The van der Waals surface area contributed by atoms with Gasteiger partial charge in [0, 0.05) is 23.4 Å². The molecule has 7 nitrogen and oxygen atoms in total. The van der Waals surface area contributed by atoms with Gasteiger partial charge in [-0.3, -0.25) is 9.59 Å². The van der Waals surface area contributed by atoms with Crippen molar-refractivity contribution in [3.8, 4) is 0 Å². The lowest BCUT2D eigenvalue weighted by Crippen LogP contribution is -2.16. The first kappa shape index (κ1) is 20.3. The van der Waals surface area contributed by atoms with Crippen LogP contribution in [0.1, 0.15) is 52.8 Å². The number of H-pyrrole nitrogens is 1. The number of thiophene rings is 1. The van der Waals surface area contributed by atoms with Gasteiger partial charge in [0.2, 0.25) is 5.91 Å². The first-order valence-corrected chi connectivity index (χ1v) is 11.0. The summed E-state index contributed by atoms with van der Waals surface area (Å²) in [5.41, 5.74) is 2.08. The molecule has 3 aromatic rings. The number of nitrogens with one attached hydrogen (secondary N) is 2. The van der Waals surface area contributed by atoms with E-state index < -0.39 is 5.97 Å². The zero-order chi connectivity index (χ0) is 21.1. The largest absolute Gasteiger partial charge is 0.462 e. The molecule has 1 aromatic carbocycles. The van der Waals surface area contributed by atoms with E-state index in [1.807, 2.05) is 0 Å². The summed E-state index contributed by atoms with van der Waals surface area (Å²) in [6.45, 7) is 2.06. The standard InChI is InChI=1S/C22H23N3O4S/c1-2-29-22(28)13-7-9-14(10-8-13)23-18(26)12-11-17-24-20(27)19-15-5-3-4-6-16(15)30-21(19)25-17/h7-10H,2-6,11-12H2,1H3,(H,23,26)(H,24,25,27). The van der Waals surface area contributed by atoms with Crippen LogP contribution in [0.2, 0.25) is 0 Å². The molecule has 0 atom stereocenters. The Labute approximate surface area is 177 Å². The number of fused-ring (bicyclic) bond motifs is 3. The van der Waals surface area contributed by atoms with E-state index >= 15 is 0 Å². The van der Waals surface area contributed by atoms with E-state index in [0.717, 1.165) is 41.5 Å². The highest BCUT2D eigenvalue weighted by Gasteiger charge is 2.20. The number of rotatable bonds is 6. The van der Waals surface area contributed by atoms with Crippen molar-refractivity contribution in [2.75, 3.05) is 11.9 Å². The lowest BCUT2D eigenvalue weighted by atomic mass is 9.97. The summed E-state index contributed by atoms with van der Waals surface area (Å²) in [4.78, 5) is 46.0. The molecule has 2 aromatic heterocycles. The molecule has 0 saturated heterocycles. The van der Waals surface area contributed by atoms with Gasteiger partial charge in [0.1, 0.15) is 10.7 Å². The van der Waals surface area contributed by atoms with Crippen molar-refractivity contribution in [1.82, 2.24) is 9.97 Å². The van der Waals surface area contributed by atoms with Gasteiger partial charge in [0.25, 0.3) is 5.56 Å². The fourth-order valence-corrected chi connectivity index (χ4v) is 4.97. The summed E-state index contributed by atoms with van der Waals surface area (Å²) in [7, 11) is 0. The topological polar surface area (TPSA) is 101 Å². The van der Waals surface area contributed by atoms with Crippen molar-refractivity contribution in [3.05, 3.63) is 56.4 Å². The van der Waals surface area contributed by atoms with Crippen LogP contribution < -0.4 is 10.9 Å². The second-order valence-electron chi connectivity index (χ2n) is 7.25. The van der Waals surface area contributed by atoms with Crippen molar-refractivity contribution >= 4 is 39.1 Å². The van der Waals surface area contributed by atoms with E-state index in [1.54, 1.807) is 42.5 Å². The van der Waals surface area contributed by atoms with Gasteiger partial charge < -0.3 is 15.0 Å². The third kappa shape index (κ3) is 4.28. The number of hydrogen-bond donors (Lipinski definition) is 2. The monoisotopic (exact) mass is 425 g/mol. The van der Waals surface area contributed by atoms with Crippen LogP contribution in [-0.2, 0) is 28.8 Å². The molecule has 1 aliphatic rings. The number of carbonyl (C=O) groups excluding carboxylic acids is 2. The molecule has 2 heterocycles. The highest BCUT2D eigenvalue weighted by Crippen LogP contribution is 2.33. The fourth-order valence-electron chi connectivity index (χ4n) is 3.69. The molecule has 0 unspecified atom stereocenters. The van der Waals surface area contributed by atoms with Gasteiger partial charge in [-0.05, 0) is 62.4 Å². The molecule has 0 radical (unpaired) electrons. The van der Waals surface area contributed by atoms with Crippen LogP contribution in [-0.4, -0.2) is 28.5 Å². The molecule has 2 N–H and O–H groups in total. The average Bonchev–Trinajstić information content (AvgIpc) is 3.12. The van der Waals surface area contributed by atoms with E-state index in [1.165, 1.54) is 4.88 Å². The van der Waals surface area contributed by atoms with E-state index in [9.17, 15) is 14.4 Å². The molecule has 1 amide bonds. The second kappa shape index (κ2) is 8.79. The maximum absolute atomic E-state index is 12.6. The summed E-state index contributed by atoms with van der Waals surface area (Å²) in [5, 5.41) is 3.52. The fraction of sp³-hybridized carbons (Fsp3) is 0.364. The highest BCUT2D eigenvalue weighted by molar-refractivity contribution is 7.18. The molecular weight excluding hydrogens is 402 g/mol. The molecule has 0 aliphatic heterocycles. The Balaban J connectivity index is 1.39. The lowest BCUT2D eigenvalue weighted by Gasteiger charge is -2.09. The van der Waals surface area contributed by atoms with Crippen LogP contribution in [0.5, 0.6) is 0 Å². The predicted octanol–water partition coefficient (Wildman–Crippen LogP) is 3.61. The number of amides is 1. The number of nitrogens with zero attached hydrogens (tertiary/aromatic N) is 1. The molecule has 8 heteroatoms. The van der Waals surface area contributed by atoms with Crippen LogP contribution >= 0.6 is 11.3 Å². The van der Waals surface area contributed by atoms with Crippen molar-refractivity contribution < 1.29 is 14.3 Å². The molecule has 0 saturated carbocycles. The van der Waals surface area contributed by atoms with Crippen molar-refractivity contribution in [3.63, 3.8) is 0 Å². The summed E-state index contributed by atoms with van der Waals surface area (Å²) in [5.74, 6) is -0.0536. The lowest BCUT2D eigenvalue weighted by molar-refractivity contribution is -0.116. The Bertz CT molecular complexity index is 1150. The Kier molecular flexibility index (Phi) is 5.94. The molecule has 30 heavy (non-hydrogen) atoms. The SMILES string of the molecule is CCOC(=O)c1ccc(NC(=O)CCc2nc3sc4c(c3c(=O)[nH]2)CCCC4)cc1. The van der Waals surface area contributed by atoms with Gasteiger partial charge in [-0.15, -0.1) is 11.3 Å². The molecule has 0 bridgehead atoms. The Morgan fingerprint density at radius 3 is 2.73 bits per heavy atom. The van der Waals surface area contributed by atoms with Crippen LogP contribution in [0.25, 0.3) is 10.2 Å². The zero-order valence-electron chi connectivity index (χ0n) is 16.7. The first-order chi connectivity index (χ1) is 14.5. The smallest absolute Gasteiger partial charge is 0.338 e. The third-order valence-corrected chi connectivity index (χ3v) is 6.33. The van der Waals surface area contributed by atoms with Crippen LogP contribution in [0.3, 0.4) is 0 Å². The molecule has 0 fully saturated rings. The number of hydrogen-bond acceptors (Lipinski definition) is 6. The van der Waals surface area contributed by atoms with Gasteiger partial charge in [-0.25, -0.2) is 9.78 Å². The van der Waals surface area contributed by atoms with E-state index in [0.29, 0.717) is 30.1 Å². The molecule has 156 valence electrons. The van der Waals surface area contributed by atoms with E-state index in [-0.39, 0.29) is 17.9 Å². The number of carbonyl (C=O) groups is 2. The average molecular weight is 426 g/mol. The predicted molar refractivity (Wildman–Crippen MR) is 116 cm³/mol. The Hall–Kier alpha value is -3.00. The summed E-state index contributed by atoms with van der Waals surface area (Å²) < 4.78 is 4.94. The number of ether oxygens (including phenoxy) is 1. The van der Waals surface area contributed by atoms with Gasteiger partial charge in [0.05, 0.1) is 17.6 Å². The summed E-state index contributed by atoms with van der Waals surface area (Å²) in [6.07, 6.45) is 4.77. The van der Waals surface area contributed by atoms with Crippen LogP contribution in [0.15, 0.2) is 29.1 Å². The minimum atomic E-state index is -0.393. The number of aromatic amines is 1. The maximum atomic E-state index is 12.6. The number of benzene rings is 1. The normalized spacial score (nSPS) is 13.1. The quantitative estimate of drug-likeness (QED) is 0.588. The molecule has 1 aliphatic carbocycles. The Morgan fingerprint density at radius 1 is 1.20 bits per heavy atom. The third-order valence-electron chi connectivity index (χ3n) is 5.14. The molecule has 4 rings (SSSR count).